The Hall–Kier alpha value is -1.46. The van der Waals surface area contributed by atoms with Gasteiger partial charge in [0.05, 0.1) is 5.69 Å². The van der Waals surface area contributed by atoms with Crippen LogP contribution in [0.4, 0.5) is 0 Å². The van der Waals surface area contributed by atoms with Gasteiger partial charge in [-0.15, -0.1) is 0 Å². The van der Waals surface area contributed by atoms with Crippen molar-refractivity contribution in [1.29, 1.82) is 0 Å². The van der Waals surface area contributed by atoms with E-state index in [4.69, 9.17) is 5.73 Å². The van der Waals surface area contributed by atoms with Crippen LogP contribution in [-0.2, 0) is 6.54 Å². The molecule has 0 aromatic carbocycles. The van der Waals surface area contributed by atoms with Gasteiger partial charge in [-0.25, -0.2) is 0 Å². The molecule has 19 heavy (non-hydrogen) atoms. The first kappa shape index (κ1) is 14.0. The Labute approximate surface area is 114 Å². The molecule has 1 aromatic heterocycles. The number of carbonyl (C=O) groups excluding carboxylic acids is 1. The van der Waals surface area contributed by atoms with Crippen molar-refractivity contribution in [3.05, 3.63) is 29.6 Å². The normalized spacial score (nSPS) is 23.1. The van der Waals surface area contributed by atoms with Crippen molar-refractivity contribution >= 4 is 5.91 Å². The molecule has 0 saturated carbocycles. The second-order valence-corrected chi connectivity index (χ2v) is 5.46. The highest BCUT2D eigenvalue weighted by molar-refractivity contribution is 5.94. The van der Waals surface area contributed by atoms with Crippen LogP contribution in [0.5, 0.6) is 0 Å². The standard InChI is InChI=1S/C14H22N4O/c1-10-8-18(9-13(10)17(2)3)14(19)11-4-5-16-12(6-11)7-15/h4-6,10,13H,7-9,15H2,1-3H3. The van der Waals surface area contributed by atoms with E-state index in [1.54, 1.807) is 18.3 Å². The molecular weight excluding hydrogens is 240 g/mol. The molecule has 5 heteroatoms. The Morgan fingerprint density at radius 3 is 2.84 bits per heavy atom. The fraction of sp³-hybridized carbons (Fsp3) is 0.571. The van der Waals surface area contributed by atoms with Crippen molar-refractivity contribution in [2.45, 2.75) is 19.5 Å². The molecule has 0 spiro atoms. The number of pyridine rings is 1. The average molecular weight is 262 g/mol. The van der Waals surface area contributed by atoms with Crippen LogP contribution in [0.3, 0.4) is 0 Å². The first-order valence-electron chi connectivity index (χ1n) is 6.63. The topological polar surface area (TPSA) is 62.5 Å². The van der Waals surface area contributed by atoms with Crippen molar-refractivity contribution < 1.29 is 4.79 Å². The van der Waals surface area contributed by atoms with Crippen LogP contribution in [0.15, 0.2) is 18.3 Å². The van der Waals surface area contributed by atoms with Crippen LogP contribution in [0.2, 0.25) is 0 Å². The zero-order valence-electron chi connectivity index (χ0n) is 11.8. The zero-order chi connectivity index (χ0) is 14.0. The molecule has 1 saturated heterocycles. The van der Waals surface area contributed by atoms with Gasteiger partial charge in [-0.3, -0.25) is 9.78 Å². The number of likely N-dealkylation sites (N-methyl/N-ethyl adjacent to an activating group) is 1. The second kappa shape index (κ2) is 5.67. The quantitative estimate of drug-likeness (QED) is 0.864. The largest absolute Gasteiger partial charge is 0.337 e. The summed E-state index contributed by atoms with van der Waals surface area (Å²) in [6.07, 6.45) is 1.65. The molecule has 2 rings (SSSR count). The predicted octanol–water partition coefficient (Wildman–Crippen LogP) is 0.562. The van der Waals surface area contributed by atoms with E-state index in [2.05, 4.69) is 30.9 Å². The summed E-state index contributed by atoms with van der Waals surface area (Å²) in [6.45, 7) is 4.14. The van der Waals surface area contributed by atoms with Crippen LogP contribution < -0.4 is 5.73 Å². The molecule has 1 aliphatic heterocycles. The van der Waals surface area contributed by atoms with E-state index in [1.165, 1.54) is 0 Å². The number of nitrogens with two attached hydrogens (primary N) is 1. The maximum atomic E-state index is 12.5. The highest BCUT2D eigenvalue weighted by atomic mass is 16.2. The molecule has 1 aliphatic rings. The van der Waals surface area contributed by atoms with E-state index in [1.807, 2.05) is 4.90 Å². The smallest absolute Gasteiger partial charge is 0.254 e. The van der Waals surface area contributed by atoms with E-state index in [0.29, 0.717) is 24.1 Å². The first-order valence-corrected chi connectivity index (χ1v) is 6.63. The van der Waals surface area contributed by atoms with Crippen molar-refractivity contribution in [1.82, 2.24) is 14.8 Å². The molecule has 1 amide bonds. The van der Waals surface area contributed by atoms with Gasteiger partial charge in [-0.1, -0.05) is 6.92 Å². The molecule has 2 unspecified atom stereocenters. The van der Waals surface area contributed by atoms with Crippen molar-refractivity contribution in [2.75, 3.05) is 27.2 Å². The van der Waals surface area contributed by atoms with Gasteiger partial charge in [0.25, 0.3) is 5.91 Å². The minimum Gasteiger partial charge on any atom is -0.337 e. The summed E-state index contributed by atoms with van der Waals surface area (Å²) in [5.74, 6) is 0.572. The predicted molar refractivity (Wildman–Crippen MR) is 74.7 cm³/mol. The average Bonchev–Trinajstić information content (AvgIpc) is 2.80. The monoisotopic (exact) mass is 262 g/mol. The van der Waals surface area contributed by atoms with Gasteiger partial charge >= 0.3 is 0 Å². The van der Waals surface area contributed by atoms with E-state index < -0.39 is 0 Å². The number of hydrogen-bond acceptors (Lipinski definition) is 4. The number of likely N-dealkylation sites (tertiary alicyclic amines) is 1. The molecular formula is C14H22N4O. The molecule has 2 N–H and O–H groups in total. The van der Waals surface area contributed by atoms with Gasteiger partial charge in [-0.2, -0.15) is 0 Å². The minimum absolute atomic E-state index is 0.0771. The lowest BCUT2D eigenvalue weighted by Gasteiger charge is -2.22. The van der Waals surface area contributed by atoms with Crippen molar-refractivity contribution in [3.63, 3.8) is 0 Å². The van der Waals surface area contributed by atoms with Gasteiger partial charge in [-0.05, 0) is 32.1 Å². The van der Waals surface area contributed by atoms with Crippen LogP contribution in [0.1, 0.15) is 23.0 Å². The summed E-state index contributed by atoms with van der Waals surface area (Å²) < 4.78 is 0. The summed E-state index contributed by atoms with van der Waals surface area (Å²) in [5.41, 5.74) is 7.00. The van der Waals surface area contributed by atoms with E-state index in [-0.39, 0.29) is 5.91 Å². The van der Waals surface area contributed by atoms with Gasteiger partial charge < -0.3 is 15.5 Å². The van der Waals surface area contributed by atoms with Gasteiger partial charge in [0.2, 0.25) is 0 Å². The van der Waals surface area contributed by atoms with Gasteiger partial charge in [0.15, 0.2) is 0 Å². The molecule has 2 heterocycles. The third kappa shape index (κ3) is 2.93. The van der Waals surface area contributed by atoms with Crippen LogP contribution in [0, 0.1) is 5.92 Å². The number of nitrogens with zero attached hydrogens (tertiary/aromatic N) is 3. The molecule has 0 radical (unpaired) electrons. The maximum Gasteiger partial charge on any atom is 0.254 e. The van der Waals surface area contributed by atoms with Crippen molar-refractivity contribution in [2.24, 2.45) is 11.7 Å². The summed E-state index contributed by atoms with van der Waals surface area (Å²) in [7, 11) is 4.13. The molecule has 1 fully saturated rings. The highest BCUT2D eigenvalue weighted by Gasteiger charge is 2.33. The molecule has 104 valence electrons. The lowest BCUT2D eigenvalue weighted by atomic mass is 10.1. The Morgan fingerprint density at radius 2 is 2.26 bits per heavy atom. The number of aromatic nitrogens is 1. The molecule has 0 bridgehead atoms. The Morgan fingerprint density at radius 1 is 1.53 bits per heavy atom. The van der Waals surface area contributed by atoms with Crippen LogP contribution in [0.25, 0.3) is 0 Å². The highest BCUT2D eigenvalue weighted by Crippen LogP contribution is 2.21. The van der Waals surface area contributed by atoms with Crippen LogP contribution >= 0.6 is 0 Å². The summed E-state index contributed by atoms with van der Waals surface area (Å²) in [4.78, 5) is 20.7. The SMILES string of the molecule is CC1CN(C(=O)c2ccnc(CN)c2)CC1N(C)C. The Bertz CT molecular complexity index is 461. The third-order valence-electron chi connectivity index (χ3n) is 3.80. The lowest BCUT2D eigenvalue weighted by molar-refractivity contribution is 0.0781. The maximum absolute atomic E-state index is 12.5. The summed E-state index contributed by atoms with van der Waals surface area (Å²) in [6, 6.07) is 3.98. The number of rotatable bonds is 3. The van der Waals surface area contributed by atoms with Gasteiger partial charge in [0, 0.05) is 37.4 Å². The van der Waals surface area contributed by atoms with Gasteiger partial charge in [0.1, 0.15) is 0 Å². The Balaban J connectivity index is 2.12. The third-order valence-corrected chi connectivity index (χ3v) is 3.80. The number of hydrogen-bond donors (Lipinski definition) is 1. The number of carbonyl (C=O) groups is 1. The molecule has 0 aliphatic carbocycles. The first-order chi connectivity index (χ1) is 9.02. The summed E-state index contributed by atoms with van der Waals surface area (Å²) in [5, 5.41) is 0. The minimum atomic E-state index is 0.0771. The molecule has 1 aromatic rings. The Kier molecular flexibility index (Phi) is 4.17. The molecule has 2 atom stereocenters. The second-order valence-electron chi connectivity index (χ2n) is 5.46. The van der Waals surface area contributed by atoms with E-state index in [0.717, 1.165) is 18.8 Å². The van der Waals surface area contributed by atoms with E-state index >= 15 is 0 Å². The fourth-order valence-electron chi connectivity index (χ4n) is 2.69. The zero-order valence-corrected chi connectivity index (χ0v) is 11.8. The number of amides is 1. The molecule has 5 nitrogen and oxygen atoms in total. The van der Waals surface area contributed by atoms with Crippen molar-refractivity contribution in [3.8, 4) is 0 Å². The fourth-order valence-corrected chi connectivity index (χ4v) is 2.69. The van der Waals surface area contributed by atoms with E-state index in [9.17, 15) is 4.79 Å². The van der Waals surface area contributed by atoms with Crippen LogP contribution in [-0.4, -0.2) is 53.9 Å². The summed E-state index contributed by atoms with van der Waals surface area (Å²) >= 11 is 0. The lowest BCUT2D eigenvalue weighted by Crippen LogP contribution is -2.35.